The molecule has 140 valence electrons. The van der Waals surface area contributed by atoms with Crippen molar-refractivity contribution in [3.8, 4) is 0 Å². The third-order valence-corrected chi connectivity index (χ3v) is 5.65. The summed E-state index contributed by atoms with van der Waals surface area (Å²) in [5.41, 5.74) is 2.90. The van der Waals surface area contributed by atoms with Crippen molar-refractivity contribution in [1.82, 2.24) is 15.3 Å². The van der Waals surface area contributed by atoms with Crippen molar-refractivity contribution in [3.63, 3.8) is 0 Å². The SMILES string of the molecule is O=C(CCCc1nc2ccccc2s1)NC(c1ccccc1)c1ccccn1. The van der Waals surface area contributed by atoms with Gasteiger partial charge in [0, 0.05) is 12.6 Å². The Labute approximate surface area is 168 Å². The van der Waals surface area contributed by atoms with Crippen molar-refractivity contribution < 1.29 is 4.79 Å². The second kappa shape index (κ2) is 8.76. The van der Waals surface area contributed by atoms with Crippen LogP contribution in [-0.2, 0) is 11.2 Å². The number of hydrogen-bond acceptors (Lipinski definition) is 4. The Balaban J connectivity index is 1.39. The van der Waals surface area contributed by atoms with Gasteiger partial charge in [0.15, 0.2) is 0 Å². The lowest BCUT2D eigenvalue weighted by atomic mass is 10.0. The summed E-state index contributed by atoms with van der Waals surface area (Å²) in [5, 5.41) is 4.23. The van der Waals surface area contributed by atoms with E-state index in [1.54, 1.807) is 17.5 Å². The largest absolute Gasteiger partial charge is 0.344 e. The standard InChI is InChI=1S/C23H21N3OS/c27-21(14-8-15-22-25-18-11-4-5-13-20(18)28-22)26-23(17-9-2-1-3-10-17)19-12-6-7-16-24-19/h1-7,9-13,16,23H,8,14-15H2,(H,26,27). The zero-order chi connectivity index (χ0) is 19.2. The quantitative estimate of drug-likeness (QED) is 0.490. The lowest BCUT2D eigenvalue weighted by Crippen LogP contribution is -2.29. The van der Waals surface area contributed by atoms with E-state index in [-0.39, 0.29) is 11.9 Å². The number of nitrogens with zero attached hydrogens (tertiary/aromatic N) is 2. The summed E-state index contributed by atoms with van der Waals surface area (Å²) in [4.78, 5) is 21.7. The molecule has 0 fully saturated rings. The van der Waals surface area contributed by atoms with Gasteiger partial charge in [-0.2, -0.15) is 0 Å². The lowest BCUT2D eigenvalue weighted by molar-refractivity contribution is -0.121. The molecule has 0 saturated heterocycles. The Morgan fingerprint density at radius 3 is 2.54 bits per heavy atom. The summed E-state index contributed by atoms with van der Waals surface area (Å²) in [6.45, 7) is 0. The predicted octanol–water partition coefficient (Wildman–Crippen LogP) is 4.92. The Morgan fingerprint density at radius 2 is 1.75 bits per heavy atom. The van der Waals surface area contributed by atoms with Crippen molar-refractivity contribution in [2.45, 2.75) is 25.3 Å². The molecule has 2 aromatic heterocycles. The zero-order valence-corrected chi connectivity index (χ0v) is 16.2. The van der Waals surface area contributed by atoms with E-state index in [0.29, 0.717) is 6.42 Å². The average molecular weight is 388 g/mol. The molecule has 0 saturated carbocycles. The van der Waals surface area contributed by atoms with Crippen LogP contribution in [0.5, 0.6) is 0 Å². The molecule has 0 aliphatic carbocycles. The topological polar surface area (TPSA) is 54.9 Å². The monoisotopic (exact) mass is 387 g/mol. The van der Waals surface area contributed by atoms with Crippen LogP contribution in [-0.4, -0.2) is 15.9 Å². The van der Waals surface area contributed by atoms with E-state index < -0.39 is 0 Å². The lowest BCUT2D eigenvalue weighted by Gasteiger charge is -2.18. The number of rotatable bonds is 7. The van der Waals surface area contributed by atoms with Crippen LogP contribution in [0.4, 0.5) is 0 Å². The summed E-state index contributed by atoms with van der Waals surface area (Å²) in [5.74, 6) is 0.0283. The van der Waals surface area contributed by atoms with Crippen molar-refractivity contribution in [1.29, 1.82) is 0 Å². The number of benzene rings is 2. The minimum atomic E-state index is -0.239. The normalized spacial score (nSPS) is 12.0. The predicted molar refractivity (Wildman–Crippen MR) is 113 cm³/mol. The number of aryl methyl sites for hydroxylation is 1. The fourth-order valence-electron chi connectivity index (χ4n) is 3.18. The first-order chi connectivity index (χ1) is 13.8. The molecule has 1 N–H and O–H groups in total. The summed E-state index contributed by atoms with van der Waals surface area (Å²) in [7, 11) is 0. The van der Waals surface area contributed by atoms with Gasteiger partial charge in [-0.15, -0.1) is 11.3 Å². The highest BCUT2D eigenvalue weighted by molar-refractivity contribution is 7.18. The second-order valence-electron chi connectivity index (χ2n) is 6.59. The van der Waals surface area contributed by atoms with E-state index in [2.05, 4.69) is 21.4 Å². The number of fused-ring (bicyclic) bond motifs is 1. The summed E-state index contributed by atoms with van der Waals surface area (Å²) in [6, 6.07) is 23.6. The summed E-state index contributed by atoms with van der Waals surface area (Å²) >= 11 is 1.70. The maximum atomic E-state index is 12.6. The summed E-state index contributed by atoms with van der Waals surface area (Å²) in [6.07, 6.45) is 3.80. The molecule has 4 aromatic rings. The van der Waals surface area contributed by atoms with Crippen LogP contribution < -0.4 is 5.32 Å². The van der Waals surface area contributed by atoms with Crippen LogP contribution in [0.25, 0.3) is 10.2 Å². The van der Waals surface area contributed by atoms with Gasteiger partial charge in [0.05, 0.1) is 27.0 Å². The van der Waals surface area contributed by atoms with Crippen molar-refractivity contribution in [3.05, 3.63) is 95.3 Å². The molecule has 0 aliphatic heterocycles. The van der Waals surface area contributed by atoms with Gasteiger partial charge < -0.3 is 5.32 Å². The highest BCUT2D eigenvalue weighted by atomic mass is 32.1. The van der Waals surface area contributed by atoms with E-state index in [9.17, 15) is 4.79 Å². The Morgan fingerprint density at radius 1 is 0.964 bits per heavy atom. The number of para-hydroxylation sites is 1. The second-order valence-corrected chi connectivity index (χ2v) is 7.71. The van der Waals surface area contributed by atoms with Crippen LogP contribution >= 0.6 is 11.3 Å². The molecule has 2 heterocycles. The average Bonchev–Trinajstić information content (AvgIpc) is 3.16. The number of amides is 1. The van der Waals surface area contributed by atoms with E-state index in [1.807, 2.05) is 66.7 Å². The molecule has 1 atom stereocenters. The molecule has 1 amide bonds. The van der Waals surface area contributed by atoms with Crippen LogP contribution in [0.15, 0.2) is 79.0 Å². The molecule has 4 rings (SSSR count). The molecule has 4 nitrogen and oxygen atoms in total. The Kier molecular flexibility index (Phi) is 5.73. The minimum absolute atomic E-state index is 0.0283. The highest BCUT2D eigenvalue weighted by Crippen LogP contribution is 2.23. The van der Waals surface area contributed by atoms with Gasteiger partial charge in [0.25, 0.3) is 0 Å². The van der Waals surface area contributed by atoms with Gasteiger partial charge in [-0.05, 0) is 42.7 Å². The van der Waals surface area contributed by atoms with Gasteiger partial charge in [0.2, 0.25) is 5.91 Å². The molecule has 1 unspecified atom stereocenters. The molecule has 0 radical (unpaired) electrons. The maximum Gasteiger partial charge on any atom is 0.220 e. The van der Waals surface area contributed by atoms with Crippen molar-refractivity contribution in [2.24, 2.45) is 0 Å². The van der Waals surface area contributed by atoms with Gasteiger partial charge in [-0.3, -0.25) is 9.78 Å². The van der Waals surface area contributed by atoms with Crippen molar-refractivity contribution in [2.75, 3.05) is 0 Å². The molecule has 28 heavy (non-hydrogen) atoms. The van der Waals surface area contributed by atoms with Crippen molar-refractivity contribution >= 4 is 27.5 Å². The van der Waals surface area contributed by atoms with E-state index in [1.165, 1.54) is 4.70 Å². The number of aromatic nitrogens is 2. The third kappa shape index (κ3) is 4.43. The number of thiazole rings is 1. The maximum absolute atomic E-state index is 12.6. The van der Waals surface area contributed by atoms with Gasteiger partial charge in [0.1, 0.15) is 0 Å². The number of hydrogen-bond donors (Lipinski definition) is 1. The van der Waals surface area contributed by atoms with Gasteiger partial charge in [-0.25, -0.2) is 4.98 Å². The fourth-order valence-corrected chi connectivity index (χ4v) is 4.19. The first-order valence-electron chi connectivity index (χ1n) is 9.39. The highest BCUT2D eigenvalue weighted by Gasteiger charge is 2.17. The number of nitrogens with one attached hydrogen (secondary N) is 1. The molecule has 5 heteroatoms. The van der Waals surface area contributed by atoms with Crippen LogP contribution in [0.2, 0.25) is 0 Å². The molecule has 2 aromatic carbocycles. The Bertz CT molecular complexity index is 975. The van der Waals surface area contributed by atoms with E-state index in [0.717, 1.165) is 34.6 Å². The number of pyridine rings is 1. The third-order valence-electron chi connectivity index (χ3n) is 4.55. The smallest absolute Gasteiger partial charge is 0.220 e. The zero-order valence-electron chi connectivity index (χ0n) is 15.4. The van der Waals surface area contributed by atoms with Crippen LogP contribution in [0, 0.1) is 0 Å². The molecular weight excluding hydrogens is 366 g/mol. The van der Waals surface area contributed by atoms with Crippen LogP contribution in [0.3, 0.4) is 0 Å². The van der Waals surface area contributed by atoms with Gasteiger partial charge in [-0.1, -0.05) is 48.5 Å². The van der Waals surface area contributed by atoms with Crippen LogP contribution in [0.1, 0.15) is 35.1 Å². The first kappa shape index (κ1) is 18.3. The van der Waals surface area contributed by atoms with Gasteiger partial charge >= 0.3 is 0 Å². The molecule has 0 aliphatic rings. The van der Waals surface area contributed by atoms with E-state index >= 15 is 0 Å². The van der Waals surface area contributed by atoms with E-state index in [4.69, 9.17) is 0 Å². The molecular formula is C23H21N3OS. The summed E-state index contributed by atoms with van der Waals surface area (Å²) < 4.78 is 1.20. The molecule has 0 spiro atoms. The minimum Gasteiger partial charge on any atom is -0.344 e. The Hall–Kier alpha value is -3.05. The number of carbonyl (C=O) groups is 1. The molecule has 0 bridgehead atoms. The fraction of sp³-hybridized carbons (Fsp3) is 0.174. The first-order valence-corrected chi connectivity index (χ1v) is 10.2. The number of carbonyl (C=O) groups excluding carboxylic acids is 1.